The van der Waals surface area contributed by atoms with Gasteiger partial charge in [-0.05, 0) is 46.6 Å². The summed E-state index contributed by atoms with van der Waals surface area (Å²) in [6.07, 6.45) is 0. The number of hydrogen-bond donors (Lipinski definition) is 2. The maximum atomic E-state index is 13.3. The first-order chi connectivity index (χ1) is 9.01. The molecular weight excluding hydrogens is 311 g/mol. The van der Waals surface area contributed by atoms with Gasteiger partial charge < -0.3 is 15.8 Å². The van der Waals surface area contributed by atoms with E-state index in [0.29, 0.717) is 21.6 Å². The van der Waals surface area contributed by atoms with Crippen LogP contribution in [0.3, 0.4) is 0 Å². The van der Waals surface area contributed by atoms with Gasteiger partial charge in [0.2, 0.25) is 0 Å². The molecule has 19 heavy (non-hydrogen) atoms. The number of halogens is 2. The molecule has 0 bridgehead atoms. The van der Waals surface area contributed by atoms with Crippen molar-refractivity contribution in [2.75, 3.05) is 18.2 Å². The number of methoxy groups -OCH3 is 1. The highest BCUT2D eigenvalue weighted by Gasteiger charge is 2.09. The molecule has 0 heterocycles. The molecule has 0 unspecified atom stereocenters. The second kappa shape index (κ2) is 5.48. The van der Waals surface area contributed by atoms with Crippen LogP contribution in [0, 0.1) is 12.7 Å². The van der Waals surface area contributed by atoms with Crippen molar-refractivity contribution < 1.29 is 9.13 Å². The highest BCUT2D eigenvalue weighted by molar-refractivity contribution is 9.10. The smallest absolute Gasteiger partial charge is 0.142 e. The quantitative estimate of drug-likeness (QED) is 0.830. The third kappa shape index (κ3) is 2.98. The average molecular weight is 325 g/mol. The monoisotopic (exact) mass is 324 g/mol. The van der Waals surface area contributed by atoms with E-state index in [1.165, 1.54) is 6.07 Å². The van der Waals surface area contributed by atoms with E-state index in [4.69, 9.17) is 10.5 Å². The molecule has 2 aromatic rings. The van der Waals surface area contributed by atoms with E-state index in [1.54, 1.807) is 13.2 Å². The minimum Gasteiger partial charge on any atom is -0.495 e. The van der Waals surface area contributed by atoms with Gasteiger partial charge in [-0.2, -0.15) is 0 Å². The summed E-state index contributed by atoms with van der Waals surface area (Å²) in [4.78, 5) is 0. The van der Waals surface area contributed by atoms with Crippen LogP contribution in [0.15, 0.2) is 34.8 Å². The Kier molecular flexibility index (Phi) is 3.95. The van der Waals surface area contributed by atoms with Crippen molar-refractivity contribution in [1.82, 2.24) is 0 Å². The van der Waals surface area contributed by atoms with Crippen LogP contribution in [0.1, 0.15) is 5.56 Å². The molecule has 0 aliphatic heterocycles. The van der Waals surface area contributed by atoms with E-state index in [9.17, 15) is 4.39 Å². The second-order valence-corrected chi connectivity index (χ2v) is 5.04. The van der Waals surface area contributed by atoms with Crippen LogP contribution in [0.4, 0.5) is 21.5 Å². The summed E-state index contributed by atoms with van der Waals surface area (Å²) in [6.45, 7) is 1.98. The molecule has 3 N–H and O–H groups in total. The molecule has 0 amide bonds. The van der Waals surface area contributed by atoms with Crippen molar-refractivity contribution in [3.8, 4) is 5.75 Å². The summed E-state index contributed by atoms with van der Waals surface area (Å²) in [5.41, 5.74) is 8.63. The van der Waals surface area contributed by atoms with E-state index < -0.39 is 0 Å². The first kappa shape index (κ1) is 13.7. The number of nitrogens with two attached hydrogens (primary N) is 1. The molecule has 0 spiro atoms. The Morgan fingerprint density at radius 2 is 1.95 bits per heavy atom. The SMILES string of the molecule is COc1ccc(C)cc1Nc1cc(Br)c(F)cc1N. The van der Waals surface area contributed by atoms with Gasteiger partial charge in [-0.25, -0.2) is 4.39 Å². The van der Waals surface area contributed by atoms with Gasteiger partial charge in [-0.3, -0.25) is 0 Å². The van der Waals surface area contributed by atoms with Crippen molar-refractivity contribution >= 4 is 33.0 Å². The molecule has 0 aromatic heterocycles. The highest BCUT2D eigenvalue weighted by Crippen LogP contribution is 2.33. The number of nitrogens with one attached hydrogen (secondary N) is 1. The van der Waals surface area contributed by atoms with Crippen LogP contribution in [0.25, 0.3) is 0 Å². The van der Waals surface area contributed by atoms with Gasteiger partial charge in [0.25, 0.3) is 0 Å². The van der Waals surface area contributed by atoms with Crippen LogP contribution >= 0.6 is 15.9 Å². The van der Waals surface area contributed by atoms with Crippen molar-refractivity contribution in [3.05, 3.63) is 46.2 Å². The lowest BCUT2D eigenvalue weighted by atomic mass is 10.2. The summed E-state index contributed by atoms with van der Waals surface area (Å²) < 4.78 is 19.0. The predicted octanol–water partition coefficient (Wildman–Crippen LogP) is 4.23. The molecule has 2 rings (SSSR count). The molecular formula is C14H14BrFN2O. The molecule has 0 aliphatic rings. The van der Waals surface area contributed by atoms with Gasteiger partial charge >= 0.3 is 0 Å². The lowest BCUT2D eigenvalue weighted by molar-refractivity contribution is 0.416. The second-order valence-electron chi connectivity index (χ2n) is 4.18. The standard InChI is InChI=1S/C14H14BrFN2O/c1-8-3-4-14(19-2)13(5-8)18-12-6-9(15)10(16)7-11(12)17/h3-7,18H,17H2,1-2H3. The third-order valence-electron chi connectivity index (χ3n) is 2.72. The summed E-state index contributed by atoms with van der Waals surface area (Å²) in [6, 6.07) is 8.64. The number of nitrogen functional groups attached to an aromatic ring is 1. The summed E-state index contributed by atoms with van der Waals surface area (Å²) in [5.74, 6) is 0.310. The molecule has 5 heteroatoms. The minimum atomic E-state index is -0.390. The lowest BCUT2D eigenvalue weighted by Crippen LogP contribution is -2.00. The largest absolute Gasteiger partial charge is 0.495 e. The molecule has 2 aromatic carbocycles. The Balaban J connectivity index is 2.41. The summed E-state index contributed by atoms with van der Waals surface area (Å²) in [7, 11) is 1.60. The van der Waals surface area contributed by atoms with Crippen molar-refractivity contribution in [1.29, 1.82) is 0 Å². The fraction of sp³-hybridized carbons (Fsp3) is 0.143. The maximum absolute atomic E-state index is 13.3. The Bertz CT molecular complexity index is 617. The zero-order valence-electron chi connectivity index (χ0n) is 10.6. The molecule has 0 fully saturated rings. The van der Waals surface area contributed by atoms with E-state index in [0.717, 1.165) is 11.3 Å². The fourth-order valence-electron chi connectivity index (χ4n) is 1.74. The van der Waals surface area contributed by atoms with Crippen molar-refractivity contribution in [2.45, 2.75) is 6.92 Å². The van der Waals surface area contributed by atoms with Gasteiger partial charge in [0.1, 0.15) is 11.6 Å². The Labute approximate surface area is 119 Å². The molecule has 0 saturated heterocycles. The normalized spacial score (nSPS) is 10.3. The predicted molar refractivity (Wildman–Crippen MR) is 79.5 cm³/mol. The van der Waals surface area contributed by atoms with E-state index in [-0.39, 0.29) is 5.82 Å². The zero-order chi connectivity index (χ0) is 14.0. The summed E-state index contributed by atoms with van der Waals surface area (Å²) in [5, 5.41) is 3.15. The van der Waals surface area contributed by atoms with Crippen LogP contribution in [0.5, 0.6) is 5.75 Å². The maximum Gasteiger partial charge on any atom is 0.142 e. The minimum absolute atomic E-state index is 0.337. The van der Waals surface area contributed by atoms with Gasteiger partial charge in [-0.1, -0.05) is 6.07 Å². The molecule has 0 saturated carbocycles. The number of rotatable bonds is 3. The number of ether oxygens (including phenoxy) is 1. The summed E-state index contributed by atoms with van der Waals surface area (Å²) >= 11 is 3.14. The Hall–Kier alpha value is -1.75. The molecule has 3 nitrogen and oxygen atoms in total. The van der Waals surface area contributed by atoms with Crippen LogP contribution in [-0.4, -0.2) is 7.11 Å². The Morgan fingerprint density at radius 3 is 2.63 bits per heavy atom. The fourth-order valence-corrected chi connectivity index (χ4v) is 2.08. The highest BCUT2D eigenvalue weighted by atomic mass is 79.9. The van der Waals surface area contributed by atoms with Crippen LogP contribution in [0.2, 0.25) is 0 Å². The number of aryl methyl sites for hydroxylation is 1. The Morgan fingerprint density at radius 1 is 1.21 bits per heavy atom. The molecule has 0 aliphatic carbocycles. The average Bonchev–Trinajstić information content (AvgIpc) is 2.36. The van der Waals surface area contributed by atoms with Crippen molar-refractivity contribution in [2.24, 2.45) is 0 Å². The van der Waals surface area contributed by atoms with E-state index in [1.807, 2.05) is 25.1 Å². The molecule has 0 radical (unpaired) electrons. The van der Waals surface area contributed by atoms with Crippen molar-refractivity contribution in [3.63, 3.8) is 0 Å². The van der Waals surface area contributed by atoms with Gasteiger partial charge in [-0.15, -0.1) is 0 Å². The van der Waals surface area contributed by atoms with Gasteiger partial charge in [0, 0.05) is 6.07 Å². The van der Waals surface area contributed by atoms with Crippen LogP contribution < -0.4 is 15.8 Å². The lowest BCUT2D eigenvalue weighted by Gasteiger charge is -2.14. The van der Waals surface area contributed by atoms with Gasteiger partial charge in [0.05, 0.1) is 28.6 Å². The first-order valence-electron chi connectivity index (χ1n) is 5.67. The molecule has 0 atom stereocenters. The number of hydrogen-bond acceptors (Lipinski definition) is 3. The van der Waals surface area contributed by atoms with Gasteiger partial charge in [0.15, 0.2) is 0 Å². The molecule has 100 valence electrons. The van der Waals surface area contributed by atoms with E-state index in [2.05, 4.69) is 21.2 Å². The van der Waals surface area contributed by atoms with Crippen LogP contribution in [-0.2, 0) is 0 Å². The van der Waals surface area contributed by atoms with E-state index >= 15 is 0 Å². The third-order valence-corrected chi connectivity index (χ3v) is 3.32. The number of benzene rings is 2. The number of anilines is 3. The zero-order valence-corrected chi connectivity index (χ0v) is 12.2. The topological polar surface area (TPSA) is 47.3 Å². The first-order valence-corrected chi connectivity index (χ1v) is 6.46.